The zero-order valence-corrected chi connectivity index (χ0v) is 15.5. The van der Waals surface area contributed by atoms with Crippen molar-refractivity contribution in [3.63, 3.8) is 0 Å². The van der Waals surface area contributed by atoms with Gasteiger partial charge in [-0.25, -0.2) is 0 Å². The number of benzene rings is 2. The Hall–Kier alpha value is -2.64. The Morgan fingerprint density at radius 2 is 1.85 bits per heavy atom. The van der Waals surface area contributed by atoms with Crippen molar-refractivity contribution in [3.8, 4) is 10.4 Å². The molecule has 0 saturated heterocycles. The Bertz CT molecular complexity index is 909. The highest BCUT2D eigenvalue weighted by Gasteiger charge is 2.17. The number of hydrogen-bond donors (Lipinski definition) is 1. The van der Waals surface area contributed by atoms with E-state index in [1.165, 1.54) is 23.9 Å². The normalized spacial score (nSPS) is 11.7. The molecular formula is C19H16N2O3S2. The maximum atomic E-state index is 12.6. The predicted molar refractivity (Wildman–Crippen MR) is 107 cm³/mol. The molecule has 0 aliphatic rings. The van der Waals surface area contributed by atoms with Crippen LogP contribution in [-0.4, -0.2) is 16.1 Å². The van der Waals surface area contributed by atoms with Crippen molar-refractivity contribution in [3.05, 3.63) is 76.2 Å². The van der Waals surface area contributed by atoms with Gasteiger partial charge in [-0.15, -0.1) is 23.1 Å². The summed E-state index contributed by atoms with van der Waals surface area (Å²) in [5, 5.41) is 15.4. The lowest BCUT2D eigenvalue weighted by Crippen LogP contribution is -2.22. The zero-order chi connectivity index (χ0) is 18.5. The van der Waals surface area contributed by atoms with Crippen molar-refractivity contribution in [2.75, 3.05) is 5.32 Å². The number of carbonyl (C=O) groups excluding carboxylic acids is 1. The number of non-ortho nitro benzene ring substituents is 1. The van der Waals surface area contributed by atoms with E-state index in [2.05, 4.69) is 5.32 Å². The van der Waals surface area contributed by atoms with Gasteiger partial charge in [0.05, 0.1) is 10.2 Å². The highest BCUT2D eigenvalue weighted by atomic mass is 32.2. The Balaban J connectivity index is 1.69. The molecule has 1 aromatic heterocycles. The zero-order valence-electron chi connectivity index (χ0n) is 13.9. The van der Waals surface area contributed by atoms with E-state index in [0.717, 1.165) is 21.0 Å². The van der Waals surface area contributed by atoms with Gasteiger partial charge in [-0.1, -0.05) is 24.3 Å². The van der Waals surface area contributed by atoms with Gasteiger partial charge in [0.15, 0.2) is 0 Å². The van der Waals surface area contributed by atoms with Gasteiger partial charge in [-0.2, -0.15) is 0 Å². The van der Waals surface area contributed by atoms with E-state index >= 15 is 0 Å². The minimum atomic E-state index is -0.438. The van der Waals surface area contributed by atoms with Crippen LogP contribution in [0, 0.1) is 10.1 Å². The topological polar surface area (TPSA) is 72.2 Å². The highest BCUT2D eigenvalue weighted by Crippen LogP contribution is 2.32. The van der Waals surface area contributed by atoms with Crippen molar-refractivity contribution >= 4 is 40.4 Å². The highest BCUT2D eigenvalue weighted by molar-refractivity contribution is 8.00. The summed E-state index contributed by atoms with van der Waals surface area (Å²) in [6, 6.07) is 17.9. The monoisotopic (exact) mass is 384 g/mol. The first-order chi connectivity index (χ1) is 12.5. The van der Waals surface area contributed by atoms with E-state index in [4.69, 9.17) is 0 Å². The second-order valence-electron chi connectivity index (χ2n) is 5.52. The molecule has 1 N–H and O–H groups in total. The summed E-state index contributed by atoms with van der Waals surface area (Å²) in [4.78, 5) is 24.8. The van der Waals surface area contributed by atoms with Crippen LogP contribution in [-0.2, 0) is 4.79 Å². The summed E-state index contributed by atoms with van der Waals surface area (Å²) in [7, 11) is 0. The lowest BCUT2D eigenvalue weighted by Gasteiger charge is -2.14. The first kappa shape index (κ1) is 18.2. The van der Waals surface area contributed by atoms with Crippen molar-refractivity contribution in [1.29, 1.82) is 0 Å². The number of amides is 1. The van der Waals surface area contributed by atoms with Crippen molar-refractivity contribution < 1.29 is 9.72 Å². The summed E-state index contributed by atoms with van der Waals surface area (Å²) in [5.74, 6) is -0.114. The van der Waals surface area contributed by atoms with Crippen LogP contribution in [0.4, 0.5) is 11.4 Å². The smallest absolute Gasteiger partial charge is 0.269 e. The predicted octanol–water partition coefficient (Wildman–Crippen LogP) is 5.44. The molecule has 1 heterocycles. The van der Waals surface area contributed by atoms with E-state index in [0.29, 0.717) is 0 Å². The first-order valence-electron chi connectivity index (χ1n) is 7.89. The maximum Gasteiger partial charge on any atom is 0.269 e. The van der Waals surface area contributed by atoms with Gasteiger partial charge in [0.1, 0.15) is 0 Å². The summed E-state index contributed by atoms with van der Waals surface area (Å²) in [5.41, 5.74) is 1.80. The van der Waals surface area contributed by atoms with Crippen LogP contribution in [0.1, 0.15) is 6.92 Å². The Kier molecular flexibility index (Phi) is 5.70. The van der Waals surface area contributed by atoms with E-state index in [1.807, 2.05) is 48.7 Å². The molecule has 26 heavy (non-hydrogen) atoms. The van der Waals surface area contributed by atoms with Crippen LogP contribution < -0.4 is 5.32 Å². The number of rotatable bonds is 6. The van der Waals surface area contributed by atoms with Crippen molar-refractivity contribution in [2.24, 2.45) is 0 Å². The van der Waals surface area contributed by atoms with E-state index in [9.17, 15) is 14.9 Å². The molecule has 0 saturated carbocycles. The molecular weight excluding hydrogens is 368 g/mol. The molecule has 3 rings (SSSR count). The summed E-state index contributed by atoms with van der Waals surface area (Å²) in [6.07, 6.45) is 0. The van der Waals surface area contributed by atoms with Gasteiger partial charge in [0.25, 0.3) is 5.69 Å². The van der Waals surface area contributed by atoms with Crippen LogP contribution in [0.25, 0.3) is 10.4 Å². The molecule has 7 heteroatoms. The molecule has 2 aromatic carbocycles. The van der Waals surface area contributed by atoms with Crippen molar-refractivity contribution in [1.82, 2.24) is 0 Å². The standard InChI is InChI=1S/C19H16N2O3S2/c1-13(26-15-10-8-14(9-11-15)21(23)24)19(22)20-17-6-3-2-5-16(17)18-7-4-12-25-18/h2-13H,1H3,(H,20,22). The van der Waals surface area contributed by atoms with E-state index in [1.54, 1.807) is 23.5 Å². The number of hydrogen-bond acceptors (Lipinski definition) is 5. The number of nitrogens with zero attached hydrogens (tertiary/aromatic N) is 1. The summed E-state index contributed by atoms with van der Waals surface area (Å²) < 4.78 is 0. The number of para-hydroxylation sites is 1. The molecule has 5 nitrogen and oxygen atoms in total. The molecule has 0 radical (unpaired) electrons. The number of nitro groups is 1. The van der Waals surface area contributed by atoms with Gasteiger partial charge in [0, 0.05) is 33.2 Å². The second kappa shape index (κ2) is 8.16. The van der Waals surface area contributed by atoms with E-state index < -0.39 is 4.92 Å². The average molecular weight is 384 g/mol. The summed E-state index contributed by atoms with van der Waals surface area (Å²) >= 11 is 2.98. The number of anilines is 1. The van der Waals surface area contributed by atoms with Crippen molar-refractivity contribution in [2.45, 2.75) is 17.1 Å². The minimum absolute atomic E-state index is 0.0383. The fourth-order valence-corrected chi connectivity index (χ4v) is 4.01. The van der Waals surface area contributed by atoms with Crippen LogP contribution in [0.2, 0.25) is 0 Å². The van der Waals surface area contributed by atoms with Gasteiger partial charge in [0.2, 0.25) is 5.91 Å². The SMILES string of the molecule is CC(Sc1ccc([N+](=O)[O-])cc1)C(=O)Nc1ccccc1-c1cccs1. The first-order valence-corrected chi connectivity index (χ1v) is 9.65. The molecule has 0 spiro atoms. The van der Waals surface area contributed by atoms with E-state index in [-0.39, 0.29) is 16.8 Å². The number of thioether (sulfide) groups is 1. The summed E-state index contributed by atoms with van der Waals surface area (Å²) in [6.45, 7) is 1.81. The van der Waals surface area contributed by atoms with Gasteiger partial charge in [-0.3, -0.25) is 14.9 Å². The number of nitrogens with one attached hydrogen (secondary N) is 1. The minimum Gasteiger partial charge on any atom is -0.325 e. The van der Waals surface area contributed by atoms with Crippen LogP contribution >= 0.6 is 23.1 Å². The molecule has 0 aliphatic heterocycles. The third-order valence-corrected chi connectivity index (χ3v) is 5.72. The average Bonchev–Trinajstić information content (AvgIpc) is 3.17. The lowest BCUT2D eigenvalue weighted by atomic mass is 10.1. The second-order valence-corrected chi connectivity index (χ2v) is 7.89. The quantitative estimate of drug-likeness (QED) is 0.349. The Morgan fingerprint density at radius 1 is 1.12 bits per heavy atom. The third kappa shape index (κ3) is 4.30. The maximum absolute atomic E-state index is 12.6. The van der Waals surface area contributed by atoms with Crippen LogP contribution in [0.15, 0.2) is 70.9 Å². The molecule has 1 unspecified atom stereocenters. The molecule has 0 bridgehead atoms. The molecule has 0 aliphatic carbocycles. The van der Waals surface area contributed by atoms with Gasteiger partial charge in [-0.05, 0) is 36.6 Å². The molecule has 0 fully saturated rings. The number of thiophene rings is 1. The number of carbonyl (C=O) groups is 1. The Labute approximate surface area is 159 Å². The van der Waals surface area contributed by atoms with Crippen LogP contribution in [0.3, 0.4) is 0 Å². The lowest BCUT2D eigenvalue weighted by molar-refractivity contribution is -0.384. The van der Waals surface area contributed by atoms with Crippen LogP contribution in [0.5, 0.6) is 0 Å². The largest absolute Gasteiger partial charge is 0.325 e. The number of nitro benzene ring substituents is 1. The van der Waals surface area contributed by atoms with Gasteiger partial charge < -0.3 is 5.32 Å². The molecule has 1 amide bonds. The van der Waals surface area contributed by atoms with Gasteiger partial charge >= 0.3 is 0 Å². The molecule has 3 aromatic rings. The fraction of sp³-hybridized carbons (Fsp3) is 0.105. The molecule has 132 valence electrons. The molecule has 1 atom stereocenters. The fourth-order valence-electron chi connectivity index (χ4n) is 2.38. The third-order valence-electron chi connectivity index (χ3n) is 3.70. The Morgan fingerprint density at radius 3 is 2.50 bits per heavy atom.